The maximum Gasteiger partial charge on any atom is 0.264 e. The molecule has 0 aliphatic carbocycles. The van der Waals surface area contributed by atoms with Crippen molar-refractivity contribution in [1.82, 2.24) is 9.97 Å². The SMILES string of the molecule is Cc1ccc(Nc2ncc(Cl)c(Nc3ccc4c(c3)N(C)C(=O)CO4)n2)cc1S(N)(=O)=O. The van der Waals surface area contributed by atoms with Crippen molar-refractivity contribution in [1.29, 1.82) is 0 Å². The highest BCUT2D eigenvalue weighted by Crippen LogP contribution is 2.35. The zero-order valence-electron chi connectivity index (χ0n) is 17.1. The van der Waals surface area contributed by atoms with Crippen molar-refractivity contribution in [2.75, 3.05) is 29.2 Å². The van der Waals surface area contributed by atoms with E-state index in [0.717, 1.165) is 0 Å². The number of carbonyl (C=O) groups is 1. The first-order chi connectivity index (χ1) is 15.1. The average Bonchev–Trinajstić information content (AvgIpc) is 2.74. The lowest BCUT2D eigenvalue weighted by Crippen LogP contribution is -2.35. The van der Waals surface area contributed by atoms with Crippen molar-refractivity contribution in [2.24, 2.45) is 5.14 Å². The van der Waals surface area contributed by atoms with E-state index in [1.54, 1.807) is 44.3 Å². The highest BCUT2D eigenvalue weighted by Gasteiger charge is 2.22. The Balaban J connectivity index is 1.60. The number of nitrogens with two attached hydrogens (primary N) is 1. The third-order valence-electron chi connectivity index (χ3n) is 4.80. The predicted octanol–water partition coefficient (Wildman–Crippen LogP) is 2.93. The fourth-order valence-electron chi connectivity index (χ4n) is 3.12. The minimum Gasteiger partial charge on any atom is -0.482 e. The summed E-state index contributed by atoms with van der Waals surface area (Å²) < 4.78 is 29.0. The molecule has 4 rings (SSSR count). The molecule has 2 aromatic carbocycles. The van der Waals surface area contributed by atoms with Gasteiger partial charge in [0.05, 0.1) is 16.8 Å². The minimum atomic E-state index is -3.87. The number of aryl methyl sites for hydroxylation is 1. The van der Waals surface area contributed by atoms with Crippen LogP contribution in [0.4, 0.5) is 28.8 Å². The van der Waals surface area contributed by atoms with Gasteiger partial charge in [-0.25, -0.2) is 18.5 Å². The van der Waals surface area contributed by atoms with Gasteiger partial charge in [0, 0.05) is 18.4 Å². The van der Waals surface area contributed by atoms with Crippen molar-refractivity contribution in [3.8, 4) is 5.75 Å². The number of amides is 1. The summed E-state index contributed by atoms with van der Waals surface area (Å²) >= 11 is 6.25. The summed E-state index contributed by atoms with van der Waals surface area (Å²) in [5.74, 6) is 0.945. The Morgan fingerprint density at radius 2 is 1.88 bits per heavy atom. The quantitative estimate of drug-likeness (QED) is 0.512. The zero-order chi connectivity index (χ0) is 23.0. The number of aromatic nitrogens is 2. The summed E-state index contributed by atoms with van der Waals surface area (Å²) in [7, 11) is -2.20. The van der Waals surface area contributed by atoms with Crippen LogP contribution < -0.4 is 25.4 Å². The van der Waals surface area contributed by atoms with Gasteiger partial charge in [-0.1, -0.05) is 17.7 Å². The molecular weight excluding hydrogens is 456 g/mol. The molecule has 10 nitrogen and oxygen atoms in total. The summed E-state index contributed by atoms with van der Waals surface area (Å²) in [6.07, 6.45) is 1.41. The third kappa shape index (κ3) is 4.44. The molecule has 0 spiro atoms. The van der Waals surface area contributed by atoms with Gasteiger partial charge in [0.1, 0.15) is 10.8 Å². The van der Waals surface area contributed by atoms with Crippen molar-refractivity contribution in [2.45, 2.75) is 11.8 Å². The molecule has 2 heterocycles. The molecule has 4 N–H and O–H groups in total. The van der Waals surface area contributed by atoms with Crippen molar-refractivity contribution in [3.63, 3.8) is 0 Å². The molecule has 0 unspecified atom stereocenters. The standard InChI is InChI=1S/C20H19ClN6O4S/c1-11-3-4-13(8-17(11)32(22,29)30)25-20-23-9-14(21)19(26-20)24-12-5-6-16-15(7-12)27(2)18(28)10-31-16/h3-9H,10H2,1-2H3,(H2,22,29,30)(H2,23,24,25,26). The number of halogens is 1. The first-order valence-electron chi connectivity index (χ1n) is 9.35. The van der Waals surface area contributed by atoms with Gasteiger partial charge in [0.15, 0.2) is 12.4 Å². The number of nitrogens with one attached hydrogen (secondary N) is 2. The van der Waals surface area contributed by atoms with E-state index in [1.807, 2.05) is 0 Å². The number of hydrogen-bond acceptors (Lipinski definition) is 8. The van der Waals surface area contributed by atoms with E-state index in [-0.39, 0.29) is 28.4 Å². The largest absolute Gasteiger partial charge is 0.482 e. The summed E-state index contributed by atoms with van der Waals surface area (Å²) in [4.78, 5) is 21.9. The van der Waals surface area contributed by atoms with E-state index in [0.29, 0.717) is 34.2 Å². The second-order valence-electron chi connectivity index (χ2n) is 7.09. The maximum atomic E-state index is 11.9. The number of sulfonamides is 1. The Bertz CT molecular complexity index is 1330. The molecule has 0 radical (unpaired) electrons. The van der Waals surface area contributed by atoms with Gasteiger partial charge in [-0.3, -0.25) is 4.79 Å². The number of fused-ring (bicyclic) bond motifs is 1. The van der Waals surface area contributed by atoms with Crippen LogP contribution in [0.5, 0.6) is 5.75 Å². The number of hydrogen-bond donors (Lipinski definition) is 3. The van der Waals surface area contributed by atoms with E-state index in [1.165, 1.54) is 17.2 Å². The first-order valence-corrected chi connectivity index (χ1v) is 11.3. The number of likely N-dealkylation sites (N-methyl/N-ethyl adjacent to an activating group) is 1. The van der Waals surface area contributed by atoms with Gasteiger partial charge in [0.2, 0.25) is 16.0 Å². The van der Waals surface area contributed by atoms with Crippen molar-refractivity contribution in [3.05, 3.63) is 53.2 Å². The smallest absolute Gasteiger partial charge is 0.264 e. The lowest BCUT2D eigenvalue weighted by Gasteiger charge is -2.26. The van der Waals surface area contributed by atoms with Crippen LogP contribution in [0.1, 0.15) is 5.56 Å². The number of benzene rings is 2. The molecule has 3 aromatic rings. The fraction of sp³-hybridized carbons (Fsp3) is 0.150. The van der Waals surface area contributed by atoms with Crippen LogP contribution in [0, 0.1) is 6.92 Å². The minimum absolute atomic E-state index is 0.00440. The Hall–Kier alpha value is -3.41. The molecule has 32 heavy (non-hydrogen) atoms. The van der Waals surface area contributed by atoms with E-state index < -0.39 is 10.0 Å². The molecular formula is C20H19ClN6O4S. The van der Waals surface area contributed by atoms with Crippen LogP contribution in [-0.4, -0.2) is 37.9 Å². The number of primary sulfonamides is 1. The van der Waals surface area contributed by atoms with Crippen LogP contribution in [0.25, 0.3) is 0 Å². The Labute approximate surface area is 189 Å². The fourth-order valence-corrected chi connectivity index (χ4v) is 4.06. The Kier molecular flexibility index (Phi) is 5.63. The highest BCUT2D eigenvalue weighted by molar-refractivity contribution is 7.89. The molecule has 166 valence electrons. The van der Waals surface area contributed by atoms with Crippen LogP contribution in [0.15, 0.2) is 47.5 Å². The van der Waals surface area contributed by atoms with Crippen molar-refractivity contribution < 1.29 is 17.9 Å². The van der Waals surface area contributed by atoms with E-state index in [9.17, 15) is 13.2 Å². The zero-order valence-corrected chi connectivity index (χ0v) is 18.7. The van der Waals surface area contributed by atoms with E-state index in [2.05, 4.69) is 20.6 Å². The summed E-state index contributed by atoms with van der Waals surface area (Å²) in [5, 5.41) is 11.6. The summed E-state index contributed by atoms with van der Waals surface area (Å²) in [6, 6.07) is 9.99. The van der Waals surface area contributed by atoms with E-state index in [4.69, 9.17) is 21.5 Å². The van der Waals surface area contributed by atoms with Crippen molar-refractivity contribution >= 4 is 56.4 Å². The third-order valence-corrected chi connectivity index (χ3v) is 6.13. The van der Waals surface area contributed by atoms with Gasteiger partial charge >= 0.3 is 0 Å². The normalized spacial score (nSPS) is 13.4. The maximum absolute atomic E-state index is 11.9. The Morgan fingerprint density at radius 3 is 2.62 bits per heavy atom. The number of carbonyl (C=O) groups excluding carboxylic acids is 1. The van der Waals surface area contributed by atoms with Crippen LogP contribution >= 0.6 is 11.6 Å². The molecule has 0 saturated heterocycles. The second-order valence-corrected chi connectivity index (χ2v) is 9.03. The molecule has 1 aliphatic heterocycles. The second kappa shape index (κ2) is 8.26. The molecule has 1 amide bonds. The molecule has 0 bridgehead atoms. The monoisotopic (exact) mass is 474 g/mol. The molecule has 0 fully saturated rings. The topological polar surface area (TPSA) is 140 Å². The summed E-state index contributed by atoms with van der Waals surface area (Å²) in [6.45, 7) is 1.65. The van der Waals surface area contributed by atoms with Crippen LogP contribution in [0.2, 0.25) is 5.02 Å². The van der Waals surface area contributed by atoms with Gasteiger partial charge in [-0.05, 0) is 42.8 Å². The van der Waals surface area contributed by atoms with Gasteiger partial charge in [-0.2, -0.15) is 4.98 Å². The predicted molar refractivity (Wildman–Crippen MR) is 122 cm³/mol. The molecule has 1 aromatic heterocycles. The van der Waals surface area contributed by atoms with Crippen LogP contribution in [-0.2, 0) is 14.8 Å². The lowest BCUT2D eigenvalue weighted by atomic mass is 10.2. The van der Waals surface area contributed by atoms with Gasteiger partial charge in [-0.15, -0.1) is 0 Å². The number of rotatable bonds is 5. The van der Waals surface area contributed by atoms with E-state index >= 15 is 0 Å². The van der Waals surface area contributed by atoms with Gasteiger partial charge in [0.25, 0.3) is 5.91 Å². The highest BCUT2D eigenvalue weighted by atomic mass is 35.5. The van der Waals surface area contributed by atoms with Crippen LogP contribution in [0.3, 0.4) is 0 Å². The molecule has 0 atom stereocenters. The summed E-state index contributed by atoms with van der Waals surface area (Å²) in [5.41, 5.74) is 2.22. The molecule has 12 heteroatoms. The number of ether oxygens (including phenoxy) is 1. The lowest BCUT2D eigenvalue weighted by molar-refractivity contribution is -0.120. The molecule has 0 saturated carbocycles. The van der Waals surface area contributed by atoms with Gasteiger partial charge < -0.3 is 20.3 Å². The first kappa shape index (κ1) is 21.8. The molecule has 1 aliphatic rings. The average molecular weight is 475 g/mol. The number of nitrogens with zero attached hydrogens (tertiary/aromatic N) is 3. The Morgan fingerprint density at radius 1 is 1.16 bits per heavy atom. The number of anilines is 5.